The van der Waals surface area contributed by atoms with Crippen molar-refractivity contribution in [3.05, 3.63) is 53.2 Å². The van der Waals surface area contributed by atoms with E-state index in [4.69, 9.17) is 14.7 Å². The van der Waals surface area contributed by atoms with Crippen LogP contribution in [0.25, 0.3) is 0 Å². The Bertz CT molecular complexity index is 857. The molecule has 2 aromatic rings. The van der Waals surface area contributed by atoms with Crippen molar-refractivity contribution in [2.24, 2.45) is 4.99 Å². The molecule has 0 amide bonds. The van der Waals surface area contributed by atoms with Crippen LogP contribution in [0.2, 0.25) is 0 Å². The number of nitrogens with zero attached hydrogens (tertiary/aromatic N) is 3. The molecule has 166 valence electrons. The summed E-state index contributed by atoms with van der Waals surface area (Å²) in [5.41, 5.74) is 3.80. The number of ether oxygens (including phenoxy) is 1. The number of nitrogens with one attached hydrogen (secondary N) is 2. The van der Waals surface area contributed by atoms with Gasteiger partial charge in [-0.3, -0.25) is 0 Å². The lowest BCUT2D eigenvalue weighted by Gasteiger charge is -2.21. The van der Waals surface area contributed by atoms with Crippen LogP contribution in [0.15, 0.2) is 41.5 Å². The van der Waals surface area contributed by atoms with Crippen molar-refractivity contribution in [1.82, 2.24) is 15.6 Å². The van der Waals surface area contributed by atoms with E-state index in [9.17, 15) is 0 Å². The van der Waals surface area contributed by atoms with Gasteiger partial charge in [-0.1, -0.05) is 31.0 Å². The number of fused-ring (bicyclic) bond motifs is 1. The maximum absolute atomic E-state index is 5.60. The summed E-state index contributed by atoms with van der Waals surface area (Å²) in [7, 11) is 0. The standard InChI is InChI=1S/C25H35N5O/c1-2-26-25(27-13-11-20-7-9-23-22(17-20)12-16-31-23)29-19-21-8-10-24(28-18-21)30-14-5-3-4-6-15-30/h7-10,17-18H,2-6,11-16,19H2,1H3,(H2,26,27,29). The molecule has 4 rings (SSSR count). The summed E-state index contributed by atoms with van der Waals surface area (Å²) in [6, 6.07) is 10.8. The lowest BCUT2D eigenvalue weighted by atomic mass is 10.1. The van der Waals surface area contributed by atoms with Crippen LogP contribution in [0.1, 0.15) is 49.3 Å². The van der Waals surface area contributed by atoms with Gasteiger partial charge >= 0.3 is 0 Å². The summed E-state index contributed by atoms with van der Waals surface area (Å²) in [5.74, 6) is 2.99. The van der Waals surface area contributed by atoms with Gasteiger partial charge in [0.25, 0.3) is 0 Å². The first kappa shape index (κ1) is 21.5. The normalized spacial score (nSPS) is 16.4. The van der Waals surface area contributed by atoms with Gasteiger partial charge in [0.15, 0.2) is 5.96 Å². The van der Waals surface area contributed by atoms with Gasteiger partial charge in [0.05, 0.1) is 13.2 Å². The van der Waals surface area contributed by atoms with Crippen molar-refractivity contribution in [1.29, 1.82) is 0 Å². The Morgan fingerprint density at radius 3 is 2.68 bits per heavy atom. The monoisotopic (exact) mass is 421 g/mol. The highest BCUT2D eigenvalue weighted by Crippen LogP contribution is 2.25. The fourth-order valence-corrected chi connectivity index (χ4v) is 4.23. The van der Waals surface area contributed by atoms with Gasteiger partial charge in [-0.05, 0) is 55.0 Å². The van der Waals surface area contributed by atoms with Crippen molar-refractivity contribution in [2.75, 3.05) is 37.7 Å². The number of pyridine rings is 1. The zero-order valence-electron chi connectivity index (χ0n) is 18.7. The van der Waals surface area contributed by atoms with Crippen molar-refractivity contribution in [2.45, 2.75) is 52.0 Å². The van der Waals surface area contributed by atoms with E-state index >= 15 is 0 Å². The summed E-state index contributed by atoms with van der Waals surface area (Å²) >= 11 is 0. The van der Waals surface area contributed by atoms with Gasteiger partial charge in [-0.2, -0.15) is 0 Å². The molecule has 0 unspecified atom stereocenters. The molecule has 0 bridgehead atoms. The van der Waals surface area contributed by atoms with Crippen molar-refractivity contribution >= 4 is 11.8 Å². The molecule has 1 aromatic heterocycles. The minimum atomic E-state index is 0.624. The minimum absolute atomic E-state index is 0.624. The minimum Gasteiger partial charge on any atom is -0.493 e. The molecule has 31 heavy (non-hydrogen) atoms. The third-order valence-electron chi connectivity index (χ3n) is 5.96. The number of hydrogen-bond acceptors (Lipinski definition) is 4. The molecule has 1 aromatic carbocycles. The summed E-state index contributed by atoms with van der Waals surface area (Å²) in [6.45, 7) is 7.45. The fourth-order valence-electron chi connectivity index (χ4n) is 4.23. The van der Waals surface area contributed by atoms with Crippen molar-refractivity contribution < 1.29 is 4.74 Å². The van der Waals surface area contributed by atoms with E-state index in [2.05, 4.69) is 52.8 Å². The maximum Gasteiger partial charge on any atom is 0.191 e. The average molecular weight is 422 g/mol. The summed E-state index contributed by atoms with van der Waals surface area (Å²) in [4.78, 5) is 11.9. The van der Waals surface area contributed by atoms with E-state index in [1.165, 1.54) is 36.8 Å². The first-order valence-corrected chi connectivity index (χ1v) is 11.8. The topological polar surface area (TPSA) is 61.8 Å². The molecule has 0 aliphatic carbocycles. The first-order chi connectivity index (χ1) is 15.3. The predicted molar refractivity (Wildman–Crippen MR) is 127 cm³/mol. The SMILES string of the molecule is CCNC(=NCc1ccc(N2CCCCCC2)nc1)NCCc1ccc2c(c1)CCO2. The first-order valence-electron chi connectivity index (χ1n) is 11.8. The van der Waals surface area contributed by atoms with Gasteiger partial charge in [0.1, 0.15) is 11.6 Å². The van der Waals surface area contributed by atoms with Gasteiger partial charge in [0.2, 0.25) is 0 Å². The Labute approximate surface area is 186 Å². The third-order valence-corrected chi connectivity index (χ3v) is 5.96. The molecule has 2 aliphatic rings. The second-order valence-corrected chi connectivity index (χ2v) is 8.34. The van der Waals surface area contributed by atoms with E-state index < -0.39 is 0 Å². The van der Waals surface area contributed by atoms with Crippen LogP contribution in [-0.4, -0.2) is 43.7 Å². The molecule has 0 spiro atoms. The Morgan fingerprint density at radius 2 is 1.90 bits per heavy atom. The van der Waals surface area contributed by atoms with Gasteiger partial charge in [-0.15, -0.1) is 0 Å². The molecule has 3 heterocycles. The Balaban J connectivity index is 1.29. The van der Waals surface area contributed by atoms with Crippen LogP contribution in [-0.2, 0) is 19.4 Å². The molecule has 0 saturated carbocycles. The number of rotatable bonds is 7. The predicted octanol–water partition coefficient (Wildman–Crippen LogP) is 3.69. The molecular formula is C25H35N5O. The molecule has 1 saturated heterocycles. The zero-order chi connectivity index (χ0) is 21.3. The maximum atomic E-state index is 5.60. The van der Waals surface area contributed by atoms with Gasteiger partial charge in [-0.25, -0.2) is 9.98 Å². The van der Waals surface area contributed by atoms with Crippen molar-refractivity contribution in [3.8, 4) is 5.75 Å². The van der Waals surface area contributed by atoms with Crippen LogP contribution in [0, 0.1) is 0 Å². The smallest absolute Gasteiger partial charge is 0.191 e. The van der Waals surface area contributed by atoms with E-state index in [-0.39, 0.29) is 0 Å². The molecule has 2 N–H and O–H groups in total. The van der Waals surface area contributed by atoms with Crippen LogP contribution in [0.3, 0.4) is 0 Å². The second-order valence-electron chi connectivity index (χ2n) is 8.34. The lowest BCUT2D eigenvalue weighted by Crippen LogP contribution is -2.38. The average Bonchev–Trinajstić information content (AvgIpc) is 3.09. The van der Waals surface area contributed by atoms with E-state index in [0.29, 0.717) is 6.54 Å². The quantitative estimate of drug-likeness (QED) is 0.527. The number of anilines is 1. The number of aliphatic imine (C=N–C) groups is 1. The molecule has 0 atom stereocenters. The Kier molecular flexibility index (Phi) is 7.64. The summed E-state index contributed by atoms with van der Waals surface area (Å²) in [5, 5.41) is 6.80. The molecule has 2 aliphatic heterocycles. The highest BCUT2D eigenvalue weighted by atomic mass is 16.5. The van der Waals surface area contributed by atoms with E-state index in [0.717, 1.165) is 68.7 Å². The largest absolute Gasteiger partial charge is 0.493 e. The fraction of sp³-hybridized carbons (Fsp3) is 0.520. The van der Waals surface area contributed by atoms with E-state index in [1.54, 1.807) is 0 Å². The molecule has 0 radical (unpaired) electrons. The number of guanidine groups is 1. The second kappa shape index (κ2) is 11.0. The van der Waals surface area contributed by atoms with Crippen LogP contribution in [0.5, 0.6) is 5.75 Å². The number of hydrogen-bond donors (Lipinski definition) is 2. The van der Waals surface area contributed by atoms with Gasteiger partial charge in [0, 0.05) is 38.8 Å². The van der Waals surface area contributed by atoms with E-state index in [1.807, 2.05) is 6.20 Å². The highest BCUT2D eigenvalue weighted by molar-refractivity contribution is 5.79. The van der Waals surface area contributed by atoms with Crippen LogP contribution >= 0.6 is 0 Å². The summed E-state index contributed by atoms with van der Waals surface area (Å²) in [6.07, 6.45) is 9.17. The van der Waals surface area contributed by atoms with Crippen LogP contribution in [0.4, 0.5) is 5.82 Å². The molecular weight excluding hydrogens is 386 g/mol. The Morgan fingerprint density at radius 1 is 1.06 bits per heavy atom. The van der Waals surface area contributed by atoms with Crippen molar-refractivity contribution in [3.63, 3.8) is 0 Å². The van der Waals surface area contributed by atoms with Gasteiger partial charge < -0.3 is 20.3 Å². The summed E-state index contributed by atoms with van der Waals surface area (Å²) < 4.78 is 5.60. The van der Waals surface area contributed by atoms with Crippen LogP contribution < -0.4 is 20.3 Å². The molecule has 1 fully saturated rings. The molecule has 6 nitrogen and oxygen atoms in total. The lowest BCUT2D eigenvalue weighted by molar-refractivity contribution is 0.357. The molecule has 6 heteroatoms. The highest BCUT2D eigenvalue weighted by Gasteiger charge is 2.12. The number of aromatic nitrogens is 1. The third kappa shape index (κ3) is 6.12. The Hall–Kier alpha value is -2.76. The number of benzene rings is 1. The zero-order valence-corrected chi connectivity index (χ0v) is 18.7.